The van der Waals surface area contributed by atoms with Gasteiger partial charge in [0, 0.05) is 19.2 Å². The lowest BCUT2D eigenvalue weighted by molar-refractivity contribution is -0.113. The zero-order chi connectivity index (χ0) is 18.4. The van der Waals surface area contributed by atoms with Gasteiger partial charge in [0.25, 0.3) is 0 Å². The fourth-order valence-electron chi connectivity index (χ4n) is 2.45. The van der Waals surface area contributed by atoms with Crippen LogP contribution in [0.3, 0.4) is 0 Å². The van der Waals surface area contributed by atoms with Crippen LogP contribution in [0.15, 0.2) is 59.8 Å². The Morgan fingerprint density at radius 3 is 2.54 bits per heavy atom. The lowest BCUT2D eigenvalue weighted by atomic mass is 10.1. The van der Waals surface area contributed by atoms with Crippen LogP contribution in [0.5, 0.6) is 0 Å². The summed E-state index contributed by atoms with van der Waals surface area (Å²) in [5, 5.41) is 11.8. The molecule has 1 aromatic heterocycles. The van der Waals surface area contributed by atoms with Crippen LogP contribution in [0.4, 0.5) is 10.1 Å². The molecule has 134 valence electrons. The minimum atomic E-state index is -0.334. The van der Waals surface area contributed by atoms with Crippen LogP contribution in [0.1, 0.15) is 11.4 Å². The summed E-state index contributed by atoms with van der Waals surface area (Å²) in [6, 6.07) is 15.9. The summed E-state index contributed by atoms with van der Waals surface area (Å²) < 4.78 is 14.8. The minimum absolute atomic E-state index is 0.171. The summed E-state index contributed by atoms with van der Waals surface area (Å²) >= 11 is 1.32. The second-order valence-corrected chi connectivity index (χ2v) is 6.73. The Labute approximate surface area is 155 Å². The van der Waals surface area contributed by atoms with E-state index in [2.05, 4.69) is 27.6 Å². The second-order valence-electron chi connectivity index (χ2n) is 5.79. The Morgan fingerprint density at radius 1 is 1.08 bits per heavy atom. The van der Waals surface area contributed by atoms with Crippen molar-refractivity contribution in [2.75, 3.05) is 11.1 Å². The number of aryl methyl sites for hydroxylation is 2. The van der Waals surface area contributed by atoms with E-state index in [4.69, 9.17) is 0 Å². The molecule has 1 amide bonds. The van der Waals surface area contributed by atoms with Gasteiger partial charge in [-0.15, -0.1) is 10.2 Å². The first-order chi connectivity index (χ1) is 12.6. The number of rotatable bonds is 7. The lowest BCUT2D eigenvalue weighted by Crippen LogP contribution is -2.14. The summed E-state index contributed by atoms with van der Waals surface area (Å²) in [5.74, 6) is 0.590. The Kier molecular flexibility index (Phi) is 6.01. The van der Waals surface area contributed by atoms with E-state index in [1.165, 1.54) is 41.6 Å². The largest absolute Gasteiger partial charge is 0.325 e. The topological polar surface area (TPSA) is 59.8 Å². The van der Waals surface area contributed by atoms with Crippen LogP contribution in [-0.4, -0.2) is 26.4 Å². The molecule has 3 aromatic rings. The molecule has 0 saturated heterocycles. The van der Waals surface area contributed by atoms with E-state index >= 15 is 0 Å². The number of nitrogens with one attached hydrogen (secondary N) is 1. The SMILES string of the molecule is Cn1c(CCc2ccccc2)nnc1SCC(=O)Nc1ccc(F)cc1. The summed E-state index contributed by atoms with van der Waals surface area (Å²) in [4.78, 5) is 12.0. The van der Waals surface area contributed by atoms with Gasteiger partial charge in [-0.05, 0) is 36.2 Å². The van der Waals surface area contributed by atoms with Gasteiger partial charge in [-0.25, -0.2) is 4.39 Å². The van der Waals surface area contributed by atoms with Crippen molar-refractivity contribution in [2.45, 2.75) is 18.0 Å². The third-order valence-electron chi connectivity index (χ3n) is 3.87. The van der Waals surface area contributed by atoms with E-state index in [9.17, 15) is 9.18 Å². The number of benzene rings is 2. The van der Waals surface area contributed by atoms with Gasteiger partial charge in [0.2, 0.25) is 5.91 Å². The predicted octanol–water partition coefficient (Wildman–Crippen LogP) is 3.47. The molecule has 0 bridgehead atoms. The van der Waals surface area contributed by atoms with Crippen molar-refractivity contribution in [2.24, 2.45) is 7.05 Å². The molecule has 0 aliphatic carbocycles. The number of carbonyl (C=O) groups is 1. The molecule has 0 spiro atoms. The number of anilines is 1. The lowest BCUT2D eigenvalue weighted by Gasteiger charge is -2.06. The van der Waals surface area contributed by atoms with Crippen LogP contribution in [0.25, 0.3) is 0 Å². The highest BCUT2D eigenvalue weighted by Gasteiger charge is 2.11. The van der Waals surface area contributed by atoms with Gasteiger partial charge in [-0.3, -0.25) is 4.79 Å². The molecule has 0 saturated carbocycles. The first-order valence-corrected chi connectivity index (χ1v) is 9.21. The van der Waals surface area contributed by atoms with Crippen molar-refractivity contribution < 1.29 is 9.18 Å². The quantitative estimate of drug-likeness (QED) is 0.647. The number of amides is 1. The van der Waals surface area contributed by atoms with Crippen molar-refractivity contribution in [1.29, 1.82) is 0 Å². The molecule has 0 aliphatic heterocycles. The molecule has 2 aromatic carbocycles. The third kappa shape index (κ3) is 4.92. The number of nitrogens with zero attached hydrogens (tertiary/aromatic N) is 3. The first kappa shape index (κ1) is 18.1. The van der Waals surface area contributed by atoms with Crippen LogP contribution < -0.4 is 5.32 Å². The average molecular weight is 370 g/mol. The minimum Gasteiger partial charge on any atom is -0.325 e. The van der Waals surface area contributed by atoms with E-state index < -0.39 is 0 Å². The van der Waals surface area contributed by atoms with Gasteiger partial charge >= 0.3 is 0 Å². The van der Waals surface area contributed by atoms with Crippen molar-refractivity contribution in [1.82, 2.24) is 14.8 Å². The van der Waals surface area contributed by atoms with Gasteiger partial charge in [-0.1, -0.05) is 42.1 Å². The number of hydrogen-bond donors (Lipinski definition) is 1. The van der Waals surface area contributed by atoms with Gasteiger partial charge in [-0.2, -0.15) is 0 Å². The zero-order valence-corrected chi connectivity index (χ0v) is 15.2. The Hall–Kier alpha value is -2.67. The van der Waals surface area contributed by atoms with Gasteiger partial charge < -0.3 is 9.88 Å². The molecule has 0 fully saturated rings. The number of aromatic nitrogens is 3. The van der Waals surface area contributed by atoms with Crippen molar-refractivity contribution >= 4 is 23.4 Å². The maximum Gasteiger partial charge on any atom is 0.234 e. The molecule has 5 nitrogen and oxygen atoms in total. The van der Waals surface area contributed by atoms with Gasteiger partial charge in [0.05, 0.1) is 5.75 Å². The summed E-state index contributed by atoms with van der Waals surface area (Å²) in [6.07, 6.45) is 1.68. The number of hydrogen-bond acceptors (Lipinski definition) is 4. The maximum absolute atomic E-state index is 12.9. The van der Waals surface area contributed by atoms with Crippen LogP contribution >= 0.6 is 11.8 Å². The molecule has 0 radical (unpaired) electrons. The highest BCUT2D eigenvalue weighted by atomic mass is 32.2. The molecule has 26 heavy (non-hydrogen) atoms. The molecule has 7 heteroatoms. The zero-order valence-electron chi connectivity index (χ0n) is 14.4. The Morgan fingerprint density at radius 2 is 1.81 bits per heavy atom. The highest BCUT2D eigenvalue weighted by Crippen LogP contribution is 2.17. The molecule has 0 atom stereocenters. The van der Waals surface area contributed by atoms with E-state index in [0.29, 0.717) is 10.8 Å². The van der Waals surface area contributed by atoms with E-state index in [1.807, 2.05) is 29.8 Å². The van der Waals surface area contributed by atoms with E-state index in [0.717, 1.165) is 18.7 Å². The molecule has 1 heterocycles. The average Bonchev–Trinajstić information content (AvgIpc) is 3.01. The first-order valence-electron chi connectivity index (χ1n) is 8.22. The molecule has 3 rings (SSSR count). The molecular weight excluding hydrogens is 351 g/mol. The number of thioether (sulfide) groups is 1. The molecule has 1 N–H and O–H groups in total. The van der Waals surface area contributed by atoms with Crippen molar-refractivity contribution in [3.05, 3.63) is 71.8 Å². The van der Waals surface area contributed by atoms with Crippen LogP contribution in [-0.2, 0) is 24.7 Å². The summed E-state index contributed by atoms with van der Waals surface area (Å²) in [7, 11) is 1.90. The number of halogens is 1. The summed E-state index contributed by atoms with van der Waals surface area (Å²) in [5.41, 5.74) is 1.82. The van der Waals surface area contributed by atoms with Crippen LogP contribution in [0.2, 0.25) is 0 Å². The predicted molar refractivity (Wildman–Crippen MR) is 101 cm³/mol. The van der Waals surface area contributed by atoms with Crippen molar-refractivity contribution in [3.8, 4) is 0 Å². The van der Waals surface area contributed by atoms with Gasteiger partial charge in [0.1, 0.15) is 11.6 Å². The standard InChI is InChI=1S/C19H19FN4OS/c1-24-17(12-7-14-5-3-2-4-6-14)22-23-19(24)26-13-18(25)21-16-10-8-15(20)9-11-16/h2-6,8-11H,7,12-13H2,1H3,(H,21,25). The molecule has 0 aliphatic rings. The van der Waals surface area contributed by atoms with E-state index in [1.54, 1.807) is 0 Å². The van der Waals surface area contributed by atoms with Crippen molar-refractivity contribution in [3.63, 3.8) is 0 Å². The Balaban J connectivity index is 1.51. The highest BCUT2D eigenvalue weighted by molar-refractivity contribution is 7.99. The Bertz CT molecular complexity index is 865. The van der Waals surface area contributed by atoms with E-state index in [-0.39, 0.29) is 17.5 Å². The monoisotopic (exact) mass is 370 g/mol. The van der Waals surface area contributed by atoms with Crippen LogP contribution in [0, 0.1) is 5.82 Å². The fourth-order valence-corrected chi connectivity index (χ4v) is 3.18. The van der Waals surface area contributed by atoms with Gasteiger partial charge in [0.15, 0.2) is 5.16 Å². The summed E-state index contributed by atoms with van der Waals surface area (Å²) in [6.45, 7) is 0. The third-order valence-corrected chi connectivity index (χ3v) is 4.89. The normalized spacial score (nSPS) is 10.7. The fraction of sp³-hybridized carbons (Fsp3) is 0.211. The molecular formula is C19H19FN4OS. The second kappa shape index (κ2) is 8.62. The smallest absolute Gasteiger partial charge is 0.234 e. The maximum atomic E-state index is 12.9. The molecule has 0 unspecified atom stereocenters. The number of carbonyl (C=O) groups excluding carboxylic acids is 1.